The topological polar surface area (TPSA) is 132 Å². The van der Waals surface area contributed by atoms with Gasteiger partial charge in [-0.15, -0.1) is 0 Å². The monoisotopic (exact) mass is 432 g/mol. The van der Waals surface area contributed by atoms with Gasteiger partial charge < -0.3 is 21.1 Å². The van der Waals surface area contributed by atoms with Gasteiger partial charge in [0.15, 0.2) is 0 Å². The normalized spacial score (nSPS) is 17.9. The standard InChI is InChI=1S/C23H24N6O3/c24-21(30)16-3-1-4-19(13-16)32-20-10-9-18(14-27-20)28-22(31)15-5-7-17(8-6-15)29-23-25-11-2-12-26-23/h1-4,9-15,17H,5-8H2,(H2,24,30)(H,28,31)(H,25,26,29). The predicted octanol–water partition coefficient (Wildman–Crippen LogP) is 3.37. The van der Waals surface area contributed by atoms with E-state index in [9.17, 15) is 9.59 Å². The minimum atomic E-state index is -0.528. The second-order valence-corrected chi connectivity index (χ2v) is 7.63. The van der Waals surface area contributed by atoms with E-state index in [4.69, 9.17) is 10.5 Å². The lowest BCUT2D eigenvalue weighted by atomic mass is 9.85. The van der Waals surface area contributed by atoms with Crippen molar-refractivity contribution >= 4 is 23.5 Å². The molecule has 0 saturated heterocycles. The van der Waals surface area contributed by atoms with Crippen LogP contribution >= 0.6 is 0 Å². The zero-order valence-electron chi connectivity index (χ0n) is 17.4. The molecule has 0 radical (unpaired) electrons. The van der Waals surface area contributed by atoms with E-state index in [0.29, 0.717) is 28.8 Å². The fraction of sp³-hybridized carbons (Fsp3) is 0.261. The summed E-state index contributed by atoms with van der Waals surface area (Å²) in [4.78, 5) is 36.5. The van der Waals surface area contributed by atoms with Crippen LogP contribution in [0.1, 0.15) is 36.0 Å². The molecule has 0 atom stereocenters. The zero-order valence-corrected chi connectivity index (χ0v) is 17.4. The Bertz CT molecular complexity index is 1070. The molecular formula is C23H24N6O3. The Morgan fingerprint density at radius 1 is 0.969 bits per heavy atom. The predicted molar refractivity (Wildman–Crippen MR) is 119 cm³/mol. The van der Waals surface area contributed by atoms with Crippen LogP contribution in [-0.4, -0.2) is 32.8 Å². The SMILES string of the molecule is NC(=O)c1cccc(Oc2ccc(NC(=O)C3CCC(Nc4ncccn4)CC3)cn2)c1. The number of nitrogens with two attached hydrogens (primary N) is 1. The van der Waals surface area contributed by atoms with Crippen LogP contribution in [0.5, 0.6) is 11.6 Å². The molecule has 0 aliphatic heterocycles. The van der Waals surface area contributed by atoms with Crippen molar-refractivity contribution in [3.8, 4) is 11.6 Å². The minimum Gasteiger partial charge on any atom is -0.439 e. The van der Waals surface area contributed by atoms with E-state index >= 15 is 0 Å². The number of carbonyl (C=O) groups excluding carboxylic acids is 2. The third-order valence-electron chi connectivity index (χ3n) is 5.34. The van der Waals surface area contributed by atoms with Gasteiger partial charge in [-0.2, -0.15) is 0 Å². The van der Waals surface area contributed by atoms with E-state index in [1.54, 1.807) is 61.1 Å². The summed E-state index contributed by atoms with van der Waals surface area (Å²) < 4.78 is 5.66. The Hall–Kier alpha value is -4.01. The van der Waals surface area contributed by atoms with Crippen molar-refractivity contribution in [1.29, 1.82) is 0 Å². The Morgan fingerprint density at radius 3 is 2.44 bits per heavy atom. The number of ether oxygens (including phenoxy) is 1. The van der Waals surface area contributed by atoms with E-state index < -0.39 is 5.91 Å². The lowest BCUT2D eigenvalue weighted by Crippen LogP contribution is -2.32. The summed E-state index contributed by atoms with van der Waals surface area (Å²) in [5.74, 6) is 0.840. The molecule has 3 aromatic rings. The fourth-order valence-corrected chi connectivity index (χ4v) is 3.65. The van der Waals surface area contributed by atoms with E-state index in [2.05, 4.69) is 25.6 Å². The van der Waals surface area contributed by atoms with Crippen LogP contribution in [-0.2, 0) is 4.79 Å². The van der Waals surface area contributed by atoms with Gasteiger partial charge in [-0.1, -0.05) is 6.07 Å². The van der Waals surface area contributed by atoms with Crippen LogP contribution in [0.25, 0.3) is 0 Å². The first-order valence-corrected chi connectivity index (χ1v) is 10.4. The molecule has 0 unspecified atom stereocenters. The van der Waals surface area contributed by atoms with Gasteiger partial charge in [0.05, 0.1) is 11.9 Å². The highest BCUT2D eigenvalue weighted by molar-refractivity contribution is 5.93. The van der Waals surface area contributed by atoms with Crippen molar-refractivity contribution < 1.29 is 14.3 Å². The third kappa shape index (κ3) is 5.57. The number of carbonyl (C=O) groups is 2. The maximum Gasteiger partial charge on any atom is 0.248 e. The van der Waals surface area contributed by atoms with Crippen molar-refractivity contribution in [3.05, 3.63) is 66.6 Å². The summed E-state index contributed by atoms with van der Waals surface area (Å²) in [6.07, 6.45) is 8.30. The quantitative estimate of drug-likeness (QED) is 0.521. The molecule has 0 spiro atoms. The largest absolute Gasteiger partial charge is 0.439 e. The smallest absolute Gasteiger partial charge is 0.248 e. The first-order valence-electron chi connectivity index (χ1n) is 10.4. The highest BCUT2D eigenvalue weighted by Crippen LogP contribution is 2.27. The number of pyridine rings is 1. The molecule has 2 aromatic heterocycles. The first kappa shape index (κ1) is 21.2. The fourth-order valence-electron chi connectivity index (χ4n) is 3.65. The molecule has 2 heterocycles. The van der Waals surface area contributed by atoms with Gasteiger partial charge >= 0.3 is 0 Å². The highest BCUT2D eigenvalue weighted by Gasteiger charge is 2.26. The Labute approximate surface area is 185 Å². The molecule has 1 fully saturated rings. The maximum atomic E-state index is 12.7. The molecule has 9 nitrogen and oxygen atoms in total. The number of nitrogens with zero attached hydrogens (tertiary/aromatic N) is 3. The van der Waals surface area contributed by atoms with Gasteiger partial charge in [0, 0.05) is 36.0 Å². The summed E-state index contributed by atoms with van der Waals surface area (Å²) in [5.41, 5.74) is 6.24. The van der Waals surface area contributed by atoms with E-state index in [1.165, 1.54) is 0 Å². The van der Waals surface area contributed by atoms with Crippen molar-refractivity contribution in [2.45, 2.75) is 31.7 Å². The number of primary amides is 1. The van der Waals surface area contributed by atoms with Gasteiger partial charge in [-0.3, -0.25) is 9.59 Å². The molecule has 0 bridgehead atoms. The molecule has 1 aromatic carbocycles. The number of amides is 2. The van der Waals surface area contributed by atoms with Crippen molar-refractivity contribution in [3.63, 3.8) is 0 Å². The molecule has 9 heteroatoms. The van der Waals surface area contributed by atoms with Gasteiger partial charge in [-0.05, 0) is 56.0 Å². The van der Waals surface area contributed by atoms with Crippen LogP contribution in [0.3, 0.4) is 0 Å². The zero-order chi connectivity index (χ0) is 22.3. The summed E-state index contributed by atoms with van der Waals surface area (Å²) in [5, 5.41) is 6.25. The number of hydrogen-bond donors (Lipinski definition) is 3. The molecule has 4 rings (SSSR count). The summed E-state index contributed by atoms with van der Waals surface area (Å²) >= 11 is 0. The van der Waals surface area contributed by atoms with Crippen molar-refractivity contribution in [1.82, 2.24) is 15.0 Å². The van der Waals surface area contributed by atoms with Gasteiger partial charge in [-0.25, -0.2) is 15.0 Å². The van der Waals surface area contributed by atoms with Gasteiger partial charge in [0.25, 0.3) is 0 Å². The van der Waals surface area contributed by atoms with Crippen LogP contribution < -0.4 is 21.1 Å². The number of benzene rings is 1. The minimum absolute atomic E-state index is 0.0101. The second kappa shape index (κ2) is 9.86. The number of hydrogen-bond acceptors (Lipinski definition) is 7. The molecular weight excluding hydrogens is 408 g/mol. The highest BCUT2D eigenvalue weighted by atomic mass is 16.5. The van der Waals surface area contributed by atoms with Crippen LogP contribution in [0.2, 0.25) is 0 Å². The van der Waals surface area contributed by atoms with Crippen LogP contribution in [0.15, 0.2) is 61.1 Å². The summed E-state index contributed by atoms with van der Waals surface area (Å²) in [7, 11) is 0. The molecule has 164 valence electrons. The van der Waals surface area contributed by atoms with E-state index in [0.717, 1.165) is 25.7 Å². The summed E-state index contributed by atoms with van der Waals surface area (Å²) in [6.45, 7) is 0. The van der Waals surface area contributed by atoms with Crippen LogP contribution in [0.4, 0.5) is 11.6 Å². The van der Waals surface area contributed by atoms with E-state index in [-0.39, 0.29) is 17.9 Å². The van der Waals surface area contributed by atoms with Gasteiger partial charge in [0.2, 0.25) is 23.6 Å². The van der Waals surface area contributed by atoms with Gasteiger partial charge in [0.1, 0.15) is 5.75 Å². The second-order valence-electron chi connectivity index (χ2n) is 7.63. The number of anilines is 2. The van der Waals surface area contributed by atoms with Crippen molar-refractivity contribution in [2.75, 3.05) is 10.6 Å². The average molecular weight is 432 g/mol. The number of nitrogens with one attached hydrogen (secondary N) is 2. The first-order chi connectivity index (χ1) is 15.6. The Kier molecular flexibility index (Phi) is 6.54. The molecule has 1 aliphatic rings. The van der Waals surface area contributed by atoms with Crippen molar-refractivity contribution in [2.24, 2.45) is 11.7 Å². The number of aromatic nitrogens is 3. The Morgan fingerprint density at radius 2 is 1.75 bits per heavy atom. The molecule has 1 aliphatic carbocycles. The average Bonchev–Trinajstić information content (AvgIpc) is 2.82. The number of rotatable bonds is 7. The van der Waals surface area contributed by atoms with Crippen LogP contribution in [0, 0.1) is 5.92 Å². The summed E-state index contributed by atoms with van der Waals surface area (Å²) in [6, 6.07) is 12.0. The molecule has 2 amide bonds. The molecule has 4 N–H and O–H groups in total. The lowest BCUT2D eigenvalue weighted by Gasteiger charge is -2.28. The maximum absolute atomic E-state index is 12.7. The molecule has 32 heavy (non-hydrogen) atoms. The molecule has 1 saturated carbocycles. The van der Waals surface area contributed by atoms with E-state index in [1.807, 2.05) is 0 Å². The Balaban J connectivity index is 1.27. The lowest BCUT2D eigenvalue weighted by molar-refractivity contribution is -0.120. The third-order valence-corrected chi connectivity index (χ3v) is 5.34.